The number of halogens is 2. The second-order valence-electron chi connectivity index (χ2n) is 4.71. The standard InChI is InChI=1S/C16H10Cl2N2O3/c17-11-5-3-6-12(18)16(11)23-15(22)9-20-13-7-2-1-4-10(13)14(21)8-19-20/h1-8H,9H2. The zero-order valence-electron chi connectivity index (χ0n) is 11.7. The molecule has 0 N–H and O–H groups in total. The highest BCUT2D eigenvalue weighted by atomic mass is 35.5. The molecule has 0 saturated heterocycles. The minimum Gasteiger partial charge on any atom is -0.422 e. The third-order valence-corrected chi connectivity index (χ3v) is 3.77. The van der Waals surface area contributed by atoms with Crippen LogP contribution in [-0.4, -0.2) is 15.7 Å². The molecule has 0 bridgehead atoms. The number of hydrogen-bond donors (Lipinski definition) is 0. The van der Waals surface area contributed by atoms with Crippen molar-refractivity contribution in [1.29, 1.82) is 0 Å². The second kappa shape index (κ2) is 6.40. The van der Waals surface area contributed by atoms with E-state index in [1.54, 1.807) is 42.5 Å². The number of rotatable bonds is 3. The van der Waals surface area contributed by atoms with E-state index in [-0.39, 0.29) is 27.8 Å². The molecule has 116 valence electrons. The number of hydrogen-bond acceptors (Lipinski definition) is 4. The summed E-state index contributed by atoms with van der Waals surface area (Å²) in [7, 11) is 0. The fourth-order valence-corrected chi connectivity index (χ4v) is 2.61. The highest BCUT2D eigenvalue weighted by Gasteiger charge is 2.14. The van der Waals surface area contributed by atoms with Crippen LogP contribution >= 0.6 is 23.2 Å². The molecule has 0 aliphatic carbocycles. The van der Waals surface area contributed by atoms with E-state index in [0.29, 0.717) is 10.9 Å². The normalized spacial score (nSPS) is 10.7. The predicted molar refractivity (Wildman–Crippen MR) is 88.1 cm³/mol. The van der Waals surface area contributed by atoms with Gasteiger partial charge in [-0.2, -0.15) is 5.10 Å². The minimum absolute atomic E-state index is 0.103. The van der Waals surface area contributed by atoms with Gasteiger partial charge in [0.1, 0.15) is 6.54 Å². The molecule has 7 heteroatoms. The van der Waals surface area contributed by atoms with Crippen molar-refractivity contribution < 1.29 is 9.53 Å². The van der Waals surface area contributed by atoms with Crippen LogP contribution in [0, 0.1) is 0 Å². The number of benzene rings is 2. The largest absolute Gasteiger partial charge is 0.422 e. The van der Waals surface area contributed by atoms with Crippen molar-refractivity contribution in [3.8, 4) is 5.75 Å². The molecule has 0 aliphatic heterocycles. The highest BCUT2D eigenvalue weighted by Crippen LogP contribution is 2.32. The van der Waals surface area contributed by atoms with E-state index in [1.165, 1.54) is 4.68 Å². The van der Waals surface area contributed by atoms with Crippen molar-refractivity contribution in [3.05, 3.63) is 68.9 Å². The molecule has 2 aromatic carbocycles. The van der Waals surface area contributed by atoms with Gasteiger partial charge in [0.15, 0.2) is 5.75 Å². The lowest BCUT2D eigenvalue weighted by molar-refractivity contribution is -0.135. The van der Waals surface area contributed by atoms with Gasteiger partial charge in [-0.1, -0.05) is 41.4 Å². The molecule has 3 rings (SSSR count). The van der Waals surface area contributed by atoms with Crippen LogP contribution in [-0.2, 0) is 11.3 Å². The van der Waals surface area contributed by atoms with E-state index in [0.717, 1.165) is 6.20 Å². The topological polar surface area (TPSA) is 61.2 Å². The zero-order valence-corrected chi connectivity index (χ0v) is 13.2. The van der Waals surface area contributed by atoms with Gasteiger partial charge in [-0.15, -0.1) is 0 Å². The molecule has 23 heavy (non-hydrogen) atoms. The monoisotopic (exact) mass is 348 g/mol. The van der Waals surface area contributed by atoms with Gasteiger partial charge in [-0.3, -0.25) is 9.48 Å². The van der Waals surface area contributed by atoms with E-state index in [4.69, 9.17) is 27.9 Å². The molecule has 0 spiro atoms. The summed E-state index contributed by atoms with van der Waals surface area (Å²) in [5, 5.41) is 4.93. The second-order valence-corrected chi connectivity index (χ2v) is 5.52. The van der Waals surface area contributed by atoms with E-state index >= 15 is 0 Å². The van der Waals surface area contributed by atoms with Gasteiger partial charge < -0.3 is 4.74 Å². The maximum Gasteiger partial charge on any atom is 0.333 e. The number of ether oxygens (including phenoxy) is 1. The molecule has 0 fully saturated rings. The van der Waals surface area contributed by atoms with Crippen LogP contribution in [0.15, 0.2) is 53.5 Å². The minimum atomic E-state index is -0.596. The van der Waals surface area contributed by atoms with Crippen LogP contribution in [0.1, 0.15) is 0 Å². The zero-order chi connectivity index (χ0) is 16.4. The molecule has 1 heterocycles. The van der Waals surface area contributed by atoms with E-state index in [1.807, 2.05) is 0 Å². The average Bonchev–Trinajstić information content (AvgIpc) is 2.54. The van der Waals surface area contributed by atoms with Gasteiger partial charge in [-0.25, -0.2) is 4.79 Å². The Labute approximate surface area is 141 Å². The van der Waals surface area contributed by atoms with Crippen LogP contribution in [0.3, 0.4) is 0 Å². The third-order valence-electron chi connectivity index (χ3n) is 3.18. The Bertz CT molecular complexity index is 933. The molecule has 0 radical (unpaired) electrons. The van der Waals surface area contributed by atoms with Crippen LogP contribution in [0.2, 0.25) is 10.0 Å². The summed E-state index contributed by atoms with van der Waals surface area (Å²) in [6, 6.07) is 11.7. The molecule has 0 unspecified atom stereocenters. The fraction of sp³-hybridized carbons (Fsp3) is 0.0625. The summed E-state index contributed by atoms with van der Waals surface area (Å²) in [4.78, 5) is 23.9. The molecular formula is C16H10Cl2N2O3. The smallest absolute Gasteiger partial charge is 0.333 e. The summed E-state index contributed by atoms with van der Waals surface area (Å²) in [6.07, 6.45) is 1.16. The average molecular weight is 349 g/mol. The maximum atomic E-state index is 12.1. The van der Waals surface area contributed by atoms with Crippen molar-refractivity contribution in [1.82, 2.24) is 9.78 Å². The van der Waals surface area contributed by atoms with Gasteiger partial charge in [0.2, 0.25) is 5.43 Å². The fourth-order valence-electron chi connectivity index (χ4n) is 2.14. The van der Waals surface area contributed by atoms with E-state index < -0.39 is 5.97 Å². The summed E-state index contributed by atoms with van der Waals surface area (Å²) in [5.74, 6) is -0.493. The molecule has 0 atom stereocenters. The number of nitrogens with zero attached hydrogens (tertiary/aromatic N) is 2. The predicted octanol–water partition coefficient (Wildman–Crippen LogP) is 3.31. The lowest BCUT2D eigenvalue weighted by atomic mass is 10.2. The van der Waals surface area contributed by atoms with Crippen LogP contribution in [0.4, 0.5) is 0 Å². The first-order valence-electron chi connectivity index (χ1n) is 6.66. The molecule has 0 aliphatic rings. The van der Waals surface area contributed by atoms with Crippen molar-refractivity contribution in [2.45, 2.75) is 6.54 Å². The van der Waals surface area contributed by atoms with Gasteiger partial charge in [0.05, 0.1) is 21.8 Å². The van der Waals surface area contributed by atoms with Crippen LogP contribution < -0.4 is 10.2 Å². The van der Waals surface area contributed by atoms with Gasteiger partial charge in [0.25, 0.3) is 0 Å². The summed E-state index contributed by atoms with van der Waals surface area (Å²) < 4.78 is 6.61. The van der Waals surface area contributed by atoms with Crippen molar-refractivity contribution in [2.24, 2.45) is 0 Å². The lowest BCUT2D eigenvalue weighted by Gasteiger charge is -2.10. The van der Waals surface area contributed by atoms with Gasteiger partial charge in [0, 0.05) is 5.39 Å². The Hall–Kier alpha value is -2.37. The van der Waals surface area contributed by atoms with Crippen LogP contribution in [0.5, 0.6) is 5.75 Å². The van der Waals surface area contributed by atoms with Crippen molar-refractivity contribution in [2.75, 3.05) is 0 Å². The Morgan fingerprint density at radius 3 is 2.52 bits per heavy atom. The van der Waals surface area contributed by atoms with E-state index in [2.05, 4.69) is 5.10 Å². The number of aromatic nitrogens is 2. The molecular weight excluding hydrogens is 339 g/mol. The third kappa shape index (κ3) is 3.21. The van der Waals surface area contributed by atoms with Gasteiger partial charge in [-0.05, 0) is 24.3 Å². The molecule has 0 saturated carbocycles. The first kappa shape index (κ1) is 15.5. The Morgan fingerprint density at radius 1 is 1.09 bits per heavy atom. The maximum absolute atomic E-state index is 12.1. The van der Waals surface area contributed by atoms with E-state index in [9.17, 15) is 9.59 Å². The first-order chi connectivity index (χ1) is 11.1. The molecule has 1 aromatic heterocycles. The molecule has 3 aromatic rings. The summed E-state index contributed by atoms with van der Waals surface area (Å²) in [6.45, 7) is -0.178. The van der Waals surface area contributed by atoms with Gasteiger partial charge >= 0.3 is 5.97 Å². The quantitative estimate of drug-likeness (QED) is 0.538. The first-order valence-corrected chi connectivity index (χ1v) is 7.41. The van der Waals surface area contributed by atoms with Crippen molar-refractivity contribution in [3.63, 3.8) is 0 Å². The van der Waals surface area contributed by atoms with Crippen molar-refractivity contribution >= 4 is 40.1 Å². The van der Waals surface area contributed by atoms with Crippen LogP contribution in [0.25, 0.3) is 10.9 Å². The number of fused-ring (bicyclic) bond motifs is 1. The Kier molecular flexibility index (Phi) is 4.32. The summed E-state index contributed by atoms with van der Waals surface area (Å²) >= 11 is 11.9. The SMILES string of the molecule is O=C(Cn1ncc(=O)c2ccccc21)Oc1c(Cl)cccc1Cl. The molecule has 5 nitrogen and oxygen atoms in total. The highest BCUT2D eigenvalue weighted by molar-refractivity contribution is 6.37. The number of carbonyl (C=O) groups excluding carboxylic acids is 1. The number of carbonyl (C=O) groups is 1. The number of esters is 1. The Balaban J connectivity index is 1.90. The molecule has 0 amide bonds. The lowest BCUT2D eigenvalue weighted by Crippen LogP contribution is -2.21. The summed E-state index contributed by atoms with van der Waals surface area (Å²) in [5.41, 5.74) is 0.335. The Morgan fingerprint density at radius 2 is 1.78 bits per heavy atom. The number of para-hydroxylation sites is 2.